The van der Waals surface area contributed by atoms with Crippen LogP contribution in [0.4, 0.5) is 5.82 Å². The van der Waals surface area contributed by atoms with E-state index in [1.807, 2.05) is 18.2 Å². The Morgan fingerprint density at radius 1 is 1.14 bits per heavy atom. The Hall–Kier alpha value is -2.59. The van der Waals surface area contributed by atoms with Crippen molar-refractivity contribution in [1.29, 1.82) is 0 Å². The van der Waals surface area contributed by atoms with Crippen molar-refractivity contribution in [3.63, 3.8) is 0 Å². The van der Waals surface area contributed by atoms with Gasteiger partial charge in [-0.3, -0.25) is 4.57 Å². The zero-order valence-electron chi connectivity index (χ0n) is 15.4. The summed E-state index contributed by atoms with van der Waals surface area (Å²) < 4.78 is 7.13. The highest BCUT2D eigenvalue weighted by Gasteiger charge is 2.44. The third-order valence-corrected chi connectivity index (χ3v) is 4.92. The predicted molar refractivity (Wildman–Crippen MR) is 102 cm³/mol. The van der Waals surface area contributed by atoms with Gasteiger partial charge < -0.3 is 25.4 Å². The van der Waals surface area contributed by atoms with Gasteiger partial charge >= 0.3 is 0 Å². The van der Waals surface area contributed by atoms with Crippen LogP contribution < -0.4 is 5.32 Å². The largest absolute Gasteiger partial charge is 0.394 e. The number of aliphatic hydroxyl groups is 3. The third kappa shape index (κ3) is 3.45. The van der Waals surface area contributed by atoms with Crippen molar-refractivity contribution in [3.8, 4) is 0 Å². The first-order valence-corrected chi connectivity index (χ1v) is 9.19. The van der Waals surface area contributed by atoms with Crippen LogP contribution in [0.5, 0.6) is 0 Å². The maximum atomic E-state index is 10.3. The van der Waals surface area contributed by atoms with Gasteiger partial charge in [0.2, 0.25) is 0 Å². The van der Waals surface area contributed by atoms with Gasteiger partial charge in [-0.15, -0.1) is 0 Å². The molecule has 9 heteroatoms. The topological polar surface area (TPSA) is 126 Å². The average Bonchev–Trinajstić information content (AvgIpc) is 3.25. The summed E-state index contributed by atoms with van der Waals surface area (Å²) in [6.07, 6.45) is -0.395. The summed E-state index contributed by atoms with van der Waals surface area (Å²) >= 11 is 0. The molecule has 9 nitrogen and oxygen atoms in total. The zero-order valence-corrected chi connectivity index (χ0v) is 15.4. The minimum atomic E-state index is -1.20. The van der Waals surface area contributed by atoms with Crippen LogP contribution in [0.25, 0.3) is 11.2 Å². The number of benzene rings is 1. The second-order valence-electron chi connectivity index (χ2n) is 7.01. The molecule has 1 aliphatic heterocycles. The van der Waals surface area contributed by atoms with Crippen molar-refractivity contribution < 1.29 is 20.1 Å². The molecule has 1 saturated heterocycles. The molecule has 3 aromatic rings. The molecule has 28 heavy (non-hydrogen) atoms. The van der Waals surface area contributed by atoms with Gasteiger partial charge in [-0.05, 0) is 18.9 Å². The molecule has 3 heterocycles. The second-order valence-corrected chi connectivity index (χ2v) is 7.01. The Morgan fingerprint density at radius 2 is 1.93 bits per heavy atom. The van der Waals surface area contributed by atoms with Crippen molar-refractivity contribution >= 4 is 17.0 Å². The normalized spacial score (nSPS) is 25.9. The van der Waals surface area contributed by atoms with E-state index in [9.17, 15) is 15.3 Å². The van der Waals surface area contributed by atoms with E-state index >= 15 is 0 Å². The first kappa shape index (κ1) is 18.8. The van der Waals surface area contributed by atoms with Gasteiger partial charge in [0.15, 0.2) is 23.2 Å². The molecule has 148 valence electrons. The van der Waals surface area contributed by atoms with Crippen molar-refractivity contribution in [3.05, 3.63) is 48.5 Å². The quantitative estimate of drug-likeness (QED) is 0.483. The lowest BCUT2D eigenvalue weighted by molar-refractivity contribution is -0.0511. The summed E-state index contributed by atoms with van der Waals surface area (Å²) in [5.41, 5.74) is 2.23. The van der Waals surface area contributed by atoms with Crippen LogP contribution in [0.1, 0.15) is 18.7 Å². The summed E-state index contributed by atoms with van der Waals surface area (Å²) in [6, 6.07) is 10.3. The number of aromatic nitrogens is 4. The molecule has 2 aromatic heterocycles. The van der Waals surface area contributed by atoms with E-state index in [1.54, 1.807) is 4.57 Å². The Kier molecular flexibility index (Phi) is 5.23. The molecule has 4 N–H and O–H groups in total. The van der Waals surface area contributed by atoms with Gasteiger partial charge in [0.1, 0.15) is 24.6 Å². The van der Waals surface area contributed by atoms with Crippen molar-refractivity contribution in [1.82, 2.24) is 19.5 Å². The Morgan fingerprint density at radius 3 is 2.64 bits per heavy atom. The van der Waals surface area contributed by atoms with Gasteiger partial charge in [0.05, 0.1) is 12.9 Å². The molecule has 4 unspecified atom stereocenters. The molecular formula is C19H23N5O4. The molecule has 0 bridgehead atoms. The lowest BCUT2D eigenvalue weighted by atomic mass is 10.1. The molecule has 0 aliphatic carbocycles. The summed E-state index contributed by atoms with van der Waals surface area (Å²) in [6.45, 7) is 1.67. The molecular weight excluding hydrogens is 362 g/mol. The molecule has 0 saturated carbocycles. The fraction of sp³-hybridized carbons (Fsp3) is 0.421. The summed E-state index contributed by atoms with van der Waals surface area (Å²) in [7, 11) is 0. The van der Waals surface area contributed by atoms with Crippen molar-refractivity contribution in [2.45, 2.75) is 43.9 Å². The van der Waals surface area contributed by atoms with E-state index in [0.717, 1.165) is 6.42 Å². The van der Waals surface area contributed by atoms with Crippen LogP contribution >= 0.6 is 0 Å². The number of anilines is 1. The minimum Gasteiger partial charge on any atom is -0.394 e. The third-order valence-electron chi connectivity index (χ3n) is 4.92. The number of imidazole rings is 1. The number of hydrogen-bond acceptors (Lipinski definition) is 8. The van der Waals surface area contributed by atoms with Crippen LogP contribution in [0.2, 0.25) is 0 Å². The summed E-state index contributed by atoms with van der Waals surface area (Å²) in [5.74, 6) is 0.582. The molecule has 0 spiro atoms. The van der Waals surface area contributed by atoms with Crippen LogP contribution in [0.15, 0.2) is 43.0 Å². The Bertz CT molecular complexity index is 934. The standard InChI is InChI=1S/C19H23N5O4/c1-11(7-12-5-3-2-4-6-12)23-17-14-18(21-9-20-17)24(10-22-14)19-16(27)15(26)13(8-25)28-19/h2-6,9-11,13,15-16,19,25-27H,7-8H2,1H3,(H,20,21,23)/t11-,13?,15?,16?,19?/m1/s1. The highest BCUT2D eigenvalue weighted by atomic mass is 16.6. The Labute approximate surface area is 161 Å². The lowest BCUT2D eigenvalue weighted by Gasteiger charge is -2.17. The van der Waals surface area contributed by atoms with E-state index < -0.39 is 24.5 Å². The minimum absolute atomic E-state index is 0.111. The van der Waals surface area contributed by atoms with Gasteiger partial charge in [-0.2, -0.15) is 0 Å². The number of rotatable bonds is 6. The summed E-state index contributed by atoms with van der Waals surface area (Å²) in [5, 5.41) is 32.9. The van der Waals surface area contributed by atoms with Crippen LogP contribution in [-0.2, 0) is 11.2 Å². The number of ether oxygens (including phenoxy) is 1. The van der Waals surface area contributed by atoms with Gasteiger partial charge in [-0.25, -0.2) is 15.0 Å². The fourth-order valence-electron chi connectivity index (χ4n) is 3.51. The molecule has 0 amide bonds. The van der Waals surface area contributed by atoms with Crippen LogP contribution in [0, 0.1) is 0 Å². The number of nitrogens with zero attached hydrogens (tertiary/aromatic N) is 4. The molecule has 0 radical (unpaired) electrons. The van der Waals surface area contributed by atoms with Crippen LogP contribution in [-0.4, -0.2) is 65.8 Å². The number of nitrogens with one attached hydrogen (secondary N) is 1. The Balaban J connectivity index is 1.57. The SMILES string of the molecule is C[C@H](Cc1ccccc1)Nc1ncnc2c1ncn2C1OC(CO)C(O)C1O. The predicted octanol–water partition coefficient (Wildman–Crippen LogP) is 0.481. The van der Waals surface area contributed by atoms with E-state index in [4.69, 9.17) is 4.74 Å². The zero-order chi connectivity index (χ0) is 19.7. The van der Waals surface area contributed by atoms with E-state index in [2.05, 4.69) is 39.3 Å². The van der Waals surface area contributed by atoms with E-state index in [0.29, 0.717) is 17.0 Å². The first-order chi connectivity index (χ1) is 13.6. The number of aliphatic hydroxyl groups excluding tert-OH is 3. The van der Waals surface area contributed by atoms with Crippen molar-refractivity contribution in [2.24, 2.45) is 0 Å². The van der Waals surface area contributed by atoms with Gasteiger partial charge in [0, 0.05) is 6.04 Å². The van der Waals surface area contributed by atoms with Crippen LogP contribution in [0.3, 0.4) is 0 Å². The highest BCUT2D eigenvalue weighted by Crippen LogP contribution is 2.32. The van der Waals surface area contributed by atoms with Gasteiger partial charge in [0.25, 0.3) is 0 Å². The van der Waals surface area contributed by atoms with E-state index in [1.165, 1.54) is 18.2 Å². The number of fused-ring (bicyclic) bond motifs is 1. The maximum absolute atomic E-state index is 10.3. The van der Waals surface area contributed by atoms with Crippen molar-refractivity contribution in [2.75, 3.05) is 11.9 Å². The monoisotopic (exact) mass is 385 g/mol. The first-order valence-electron chi connectivity index (χ1n) is 9.19. The lowest BCUT2D eigenvalue weighted by Crippen LogP contribution is -2.33. The molecule has 1 aliphatic rings. The molecule has 1 fully saturated rings. The average molecular weight is 385 g/mol. The maximum Gasteiger partial charge on any atom is 0.167 e. The summed E-state index contributed by atoms with van der Waals surface area (Å²) in [4.78, 5) is 12.9. The molecule has 4 rings (SSSR count). The second kappa shape index (κ2) is 7.80. The van der Waals surface area contributed by atoms with E-state index in [-0.39, 0.29) is 12.6 Å². The fourth-order valence-corrected chi connectivity index (χ4v) is 3.51. The molecule has 5 atom stereocenters. The molecule has 1 aromatic carbocycles. The smallest absolute Gasteiger partial charge is 0.167 e. The number of hydrogen-bond donors (Lipinski definition) is 4. The highest BCUT2D eigenvalue weighted by molar-refractivity contribution is 5.82. The van der Waals surface area contributed by atoms with Gasteiger partial charge in [-0.1, -0.05) is 30.3 Å².